The molecule has 0 aliphatic carbocycles. The molecule has 0 spiro atoms. The number of ether oxygens (including phenoxy) is 1. The Balaban J connectivity index is 3.77. The number of hydrogen-bond acceptors (Lipinski definition) is 3. The SMILES string of the molecule is COC(C)(C)C[C@H](C)N[C@@H](C)CCCO. The molecule has 0 rings (SSSR count). The predicted octanol–water partition coefficient (Wildman–Crippen LogP) is 1.94. The van der Waals surface area contributed by atoms with Gasteiger partial charge in [0.1, 0.15) is 0 Å². The van der Waals surface area contributed by atoms with Gasteiger partial charge in [0, 0.05) is 25.8 Å². The molecule has 2 atom stereocenters. The molecule has 0 heterocycles. The largest absolute Gasteiger partial charge is 0.396 e. The summed E-state index contributed by atoms with van der Waals surface area (Å²) in [5.74, 6) is 0. The van der Waals surface area contributed by atoms with E-state index in [1.807, 2.05) is 0 Å². The Hall–Kier alpha value is -0.120. The molecule has 0 fully saturated rings. The van der Waals surface area contributed by atoms with Gasteiger partial charge in [0.15, 0.2) is 0 Å². The van der Waals surface area contributed by atoms with Crippen LogP contribution in [-0.2, 0) is 4.74 Å². The molecular weight excluding hydrogens is 190 g/mol. The van der Waals surface area contributed by atoms with Crippen molar-refractivity contribution in [2.75, 3.05) is 13.7 Å². The lowest BCUT2D eigenvalue weighted by Crippen LogP contribution is -2.40. The fourth-order valence-electron chi connectivity index (χ4n) is 1.85. The van der Waals surface area contributed by atoms with E-state index in [4.69, 9.17) is 9.84 Å². The van der Waals surface area contributed by atoms with E-state index >= 15 is 0 Å². The fourth-order valence-corrected chi connectivity index (χ4v) is 1.85. The normalized spacial score (nSPS) is 16.4. The molecule has 0 radical (unpaired) electrons. The van der Waals surface area contributed by atoms with Gasteiger partial charge < -0.3 is 15.2 Å². The van der Waals surface area contributed by atoms with Crippen molar-refractivity contribution in [1.29, 1.82) is 0 Å². The Morgan fingerprint density at radius 1 is 1.27 bits per heavy atom. The average Bonchev–Trinajstić information content (AvgIpc) is 2.13. The van der Waals surface area contributed by atoms with E-state index in [2.05, 4.69) is 33.0 Å². The maximum Gasteiger partial charge on any atom is 0.0637 e. The first-order valence-corrected chi connectivity index (χ1v) is 5.83. The van der Waals surface area contributed by atoms with E-state index in [0.29, 0.717) is 12.1 Å². The summed E-state index contributed by atoms with van der Waals surface area (Å²) < 4.78 is 5.39. The molecule has 0 aromatic rings. The summed E-state index contributed by atoms with van der Waals surface area (Å²) in [5, 5.41) is 12.2. The van der Waals surface area contributed by atoms with Crippen molar-refractivity contribution in [3.8, 4) is 0 Å². The van der Waals surface area contributed by atoms with Crippen LogP contribution in [0.1, 0.15) is 47.0 Å². The number of aliphatic hydroxyl groups is 1. The van der Waals surface area contributed by atoms with Crippen LogP contribution in [0, 0.1) is 0 Å². The Labute approximate surface area is 94.2 Å². The molecule has 0 aromatic carbocycles. The topological polar surface area (TPSA) is 41.5 Å². The summed E-state index contributed by atoms with van der Waals surface area (Å²) in [5.41, 5.74) is -0.0664. The zero-order valence-corrected chi connectivity index (χ0v) is 10.8. The van der Waals surface area contributed by atoms with E-state index in [9.17, 15) is 0 Å². The first-order chi connectivity index (χ1) is 6.91. The number of nitrogens with one attached hydrogen (secondary N) is 1. The Morgan fingerprint density at radius 2 is 1.87 bits per heavy atom. The van der Waals surface area contributed by atoms with Gasteiger partial charge in [0.2, 0.25) is 0 Å². The minimum absolute atomic E-state index is 0.0664. The minimum Gasteiger partial charge on any atom is -0.396 e. The van der Waals surface area contributed by atoms with Crippen molar-refractivity contribution < 1.29 is 9.84 Å². The van der Waals surface area contributed by atoms with Gasteiger partial charge in [-0.05, 0) is 47.0 Å². The number of rotatable bonds is 8. The zero-order valence-electron chi connectivity index (χ0n) is 10.8. The first kappa shape index (κ1) is 14.9. The van der Waals surface area contributed by atoms with Crippen LogP contribution in [0.4, 0.5) is 0 Å². The van der Waals surface area contributed by atoms with Gasteiger partial charge in [-0.25, -0.2) is 0 Å². The summed E-state index contributed by atoms with van der Waals surface area (Å²) >= 11 is 0. The van der Waals surface area contributed by atoms with E-state index in [1.165, 1.54) is 0 Å². The highest BCUT2D eigenvalue weighted by Crippen LogP contribution is 2.15. The molecule has 0 aliphatic heterocycles. The molecule has 0 aromatic heterocycles. The van der Waals surface area contributed by atoms with Gasteiger partial charge in [-0.2, -0.15) is 0 Å². The second-order valence-corrected chi connectivity index (χ2v) is 5.00. The first-order valence-electron chi connectivity index (χ1n) is 5.83. The van der Waals surface area contributed by atoms with Crippen LogP contribution >= 0.6 is 0 Å². The van der Waals surface area contributed by atoms with Crippen molar-refractivity contribution in [3.63, 3.8) is 0 Å². The summed E-state index contributed by atoms with van der Waals surface area (Å²) in [6, 6.07) is 0.897. The minimum atomic E-state index is -0.0664. The summed E-state index contributed by atoms with van der Waals surface area (Å²) in [6.07, 6.45) is 2.88. The van der Waals surface area contributed by atoms with E-state index in [1.54, 1.807) is 7.11 Å². The highest BCUT2D eigenvalue weighted by atomic mass is 16.5. The molecular formula is C12H27NO2. The van der Waals surface area contributed by atoms with Gasteiger partial charge in [0.25, 0.3) is 0 Å². The molecule has 0 saturated carbocycles. The molecule has 0 unspecified atom stereocenters. The third kappa shape index (κ3) is 7.77. The Morgan fingerprint density at radius 3 is 2.33 bits per heavy atom. The van der Waals surface area contributed by atoms with Crippen LogP contribution in [0.3, 0.4) is 0 Å². The lowest BCUT2D eigenvalue weighted by molar-refractivity contribution is 0.00772. The van der Waals surface area contributed by atoms with Crippen molar-refractivity contribution in [3.05, 3.63) is 0 Å². The smallest absolute Gasteiger partial charge is 0.0637 e. The standard InChI is InChI=1S/C12H27NO2/c1-10(7-6-8-14)13-11(2)9-12(3,4)15-5/h10-11,13-14H,6-9H2,1-5H3/t10-,11-/m0/s1. The van der Waals surface area contributed by atoms with E-state index in [-0.39, 0.29) is 12.2 Å². The van der Waals surface area contributed by atoms with E-state index < -0.39 is 0 Å². The Bertz CT molecular complexity index is 160. The quantitative estimate of drug-likeness (QED) is 0.653. The molecule has 2 N–H and O–H groups in total. The number of methoxy groups -OCH3 is 1. The lowest BCUT2D eigenvalue weighted by Gasteiger charge is -2.29. The molecule has 92 valence electrons. The Kier molecular flexibility index (Phi) is 7.14. The molecule has 3 heteroatoms. The monoisotopic (exact) mass is 217 g/mol. The number of aliphatic hydroxyl groups excluding tert-OH is 1. The van der Waals surface area contributed by atoms with Crippen molar-refractivity contribution in [2.24, 2.45) is 0 Å². The average molecular weight is 217 g/mol. The van der Waals surface area contributed by atoms with Gasteiger partial charge >= 0.3 is 0 Å². The summed E-state index contributed by atoms with van der Waals surface area (Å²) in [7, 11) is 1.75. The van der Waals surface area contributed by atoms with Crippen LogP contribution in [0.5, 0.6) is 0 Å². The number of hydrogen-bond donors (Lipinski definition) is 2. The van der Waals surface area contributed by atoms with Crippen LogP contribution in [0.15, 0.2) is 0 Å². The molecule has 0 bridgehead atoms. The van der Waals surface area contributed by atoms with Gasteiger partial charge in [0.05, 0.1) is 5.60 Å². The zero-order chi connectivity index (χ0) is 11.9. The maximum absolute atomic E-state index is 8.73. The highest BCUT2D eigenvalue weighted by Gasteiger charge is 2.20. The van der Waals surface area contributed by atoms with Gasteiger partial charge in [-0.3, -0.25) is 0 Å². The molecule has 0 aliphatic rings. The van der Waals surface area contributed by atoms with Crippen LogP contribution < -0.4 is 5.32 Å². The fraction of sp³-hybridized carbons (Fsp3) is 1.00. The third-order valence-electron chi connectivity index (χ3n) is 2.71. The summed E-state index contributed by atoms with van der Waals surface area (Å²) in [6.45, 7) is 8.82. The van der Waals surface area contributed by atoms with Gasteiger partial charge in [-0.1, -0.05) is 0 Å². The predicted molar refractivity (Wildman–Crippen MR) is 64.1 cm³/mol. The molecule has 0 amide bonds. The van der Waals surface area contributed by atoms with Crippen LogP contribution in [-0.4, -0.2) is 36.5 Å². The van der Waals surface area contributed by atoms with Crippen LogP contribution in [0.25, 0.3) is 0 Å². The highest BCUT2D eigenvalue weighted by molar-refractivity contribution is 4.77. The molecule has 0 saturated heterocycles. The molecule has 3 nitrogen and oxygen atoms in total. The van der Waals surface area contributed by atoms with Crippen molar-refractivity contribution in [1.82, 2.24) is 5.32 Å². The van der Waals surface area contributed by atoms with Crippen molar-refractivity contribution in [2.45, 2.75) is 64.6 Å². The second kappa shape index (κ2) is 7.20. The molecule has 15 heavy (non-hydrogen) atoms. The maximum atomic E-state index is 8.73. The third-order valence-corrected chi connectivity index (χ3v) is 2.71. The summed E-state index contributed by atoms with van der Waals surface area (Å²) in [4.78, 5) is 0. The van der Waals surface area contributed by atoms with Crippen molar-refractivity contribution >= 4 is 0 Å². The second-order valence-electron chi connectivity index (χ2n) is 5.00. The van der Waals surface area contributed by atoms with Gasteiger partial charge in [-0.15, -0.1) is 0 Å². The van der Waals surface area contributed by atoms with Crippen LogP contribution in [0.2, 0.25) is 0 Å². The lowest BCUT2D eigenvalue weighted by atomic mass is 9.99. The van der Waals surface area contributed by atoms with E-state index in [0.717, 1.165) is 19.3 Å².